The molecule has 5 heteroatoms. The molecule has 1 aromatic carbocycles. The van der Waals surface area contributed by atoms with E-state index in [4.69, 9.17) is 4.74 Å². The van der Waals surface area contributed by atoms with Gasteiger partial charge >= 0.3 is 12.0 Å². The summed E-state index contributed by atoms with van der Waals surface area (Å²) >= 11 is 0. The Bertz CT molecular complexity index is 576. The minimum absolute atomic E-state index is 0.299. The molecular weight excluding hydrogens is 268 g/mol. The quantitative estimate of drug-likeness (QED) is 0.837. The lowest BCUT2D eigenvalue weighted by molar-refractivity contribution is -0.139. The first-order chi connectivity index (χ1) is 10.1. The molecule has 21 heavy (non-hydrogen) atoms. The molecule has 0 radical (unpaired) electrons. The summed E-state index contributed by atoms with van der Waals surface area (Å²) in [6.45, 7) is 5.95. The topological polar surface area (TPSA) is 67.4 Å². The maximum atomic E-state index is 12.3. The summed E-state index contributed by atoms with van der Waals surface area (Å²) in [5, 5.41) is 5.49. The highest BCUT2D eigenvalue weighted by atomic mass is 16.5. The van der Waals surface area contributed by atoms with Crippen LogP contribution < -0.4 is 10.6 Å². The van der Waals surface area contributed by atoms with Crippen LogP contribution in [0.5, 0.6) is 0 Å². The molecule has 2 rings (SSSR count). The molecule has 1 unspecified atom stereocenters. The number of carbonyl (C=O) groups excluding carboxylic acids is 2. The van der Waals surface area contributed by atoms with Crippen molar-refractivity contribution in [2.75, 3.05) is 6.61 Å². The first-order valence-corrected chi connectivity index (χ1v) is 7.11. The van der Waals surface area contributed by atoms with Crippen molar-refractivity contribution in [3.8, 4) is 0 Å². The van der Waals surface area contributed by atoms with Gasteiger partial charge in [-0.25, -0.2) is 9.59 Å². The molecule has 1 aliphatic rings. The number of aryl methyl sites for hydroxylation is 1. The zero-order chi connectivity index (χ0) is 15.4. The molecule has 0 bridgehead atoms. The minimum Gasteiger partial charge on any atom is -0.463 e. The third-order valence-corrected chi connectivity index (χ3v) is 3.41. The number of hydrogen-bond donors (Lipinski definition) is 2. The molecular formula is C16H20N2O3. The number of hydrogen-bond acceptors (Lipinski definition) is 3. The standard InChI is InChI=1S/C16H20N2O3/c1-4-12-13(15(19)21-5-2)14(18-16(20)17-12)11-8-6-10(3)7-9-11/h6-9,14H,4-5H2,1-3H3,(H2,17,18,20). The molecule has 0 fully saturated rings. The molecule has 2 amide bonds. The van der Waals surface area contributed by atoms with Crippen molar-refractivity contribution in [3.05, 3.63) is 46.7 Å². The van der Waals surface area contributed by atoms with Crippen molar-refractivity contribution >= 4 is 12.0 Å². The summed E-state index contributed by atoms with van der Waals surface area (Å²) in [6.07, 6.45) is 0.559. The minimum atomic E-state index is -0.478. The lowest BCUT2D eigenvalue weighted by atomic mass is 9.94. The summed E-state index contributed by atoms with van der Waals surface area (Å²) in [7, 11) is 0. The lowest BCUT2D eigenvalue weighted by Gasteiger charge is -2.29. The average Bonchev–Trinajstić information content (AvgIpc) is 2.47. The Kier molecular flexibility index (Phi) is 4.62. The van der Waals surface area contributed by atoms with Gasteiger partial charge in [0.1, 0.15) is 0 Å². The molecule has 1 aliphatic heterocycles. The molecule has 5 nitrogen and oxygen atoms in total. The normalized spacial score (nSPS) is 18.0. The third-order valence-electron chi connectivity index (χ3n) is 3.41. The van der Waals surface area contributed by atoms with E-state index in [0.717, 1.165) is 11.1 Å². The summed E-state index contributed by atoms with van der Waals surface area (Å²) in [6, 6.07) is 6.96. The molecule has 0 saturated heterocycles. The van der Waals surface area contributed by atoms with Gasteiger partial charge in [0.2, 0.25) is 0 Å². The van der Waals surface area contributed by atoms with Crippen molar-refractivity contribution < 1.29 is 14.3 Å². The van der Waals surface area contributed by atoms with Gasteiger partial charge in [-0.05, 0) is 25.8 Å². The number of urea groups is 1. The van der Waals surface area contributed by atoms with Gasteiger partial charge in [0.05, 0.1) is 18.2 Å². The van der Waals surface area contributed by atoms with E-state index in [0.29, 0.717) is 24.3 Å². The van der Waals surface area contributed by atoms with Gasteiger partial charge < -0.3 is 15.4 Å². The van der Waals surface area contributed by atoms with Crippen LogP contribution in [0.4, 0.5) is 4.79 Å². The predicted molar refractivity (Wildman–Crippen MR) is 79.5 cm³/mol. The van der Waals surface area contributed by atoms with E-state index < -0.39 is 12.0 Å². The molecule has 1 atom stereocenters. The number of rotatable bonds is 4. The molecule has 0 spiro atoms. The fourth-order valence-electron chi connectivity index (χ4n) is 2.36. The smallest absolute Gasteiger partial charge is 0.338 e. The van der Waals surface area contributed by atoms with E-state index >= 15 is 0 Å². The Morgan fingerprint density at radius 3 is 2.48 bits per heavy atom. The first kappa shape index (κ1) is 15.1. The van der Waals surface area contributed by atoms with E-state index in [-0.39, 0.29) is 6.03 Å². The zero-order valence-electron chi connectivity index (χ0n) is 12.5. The van der Waals surface area contributed by atoms with Crippen molar-refractivity contribution in [1.82, 2.24) is 10.6 Å². The molecule has 112 valence electrons. The second-order valence-electron chi connectivity index (χ2n) is 4.91. The lowest BCUT2D eigenvalue weighted by Crippen LogP contribution is -2.45. The van der Waals surface area contributed by atoms with Gasteiger partial charge in [-0.3, -0.25) is 0 Å². The van der Waals surface area contributed by atoms with Gasteiger partial charge in [-0.1, -0.05) is 36.8 Å². The monoisotopic (exact) mass is 288 g/mol. The van der Waals surface area contributed by atoms with Crippen LogP contribution in [-0.2, 0) is 9.53 Å². The maximum Gasteiger partial charge on any atom is 0.338 e. The number of amides is 2. The van der Waals surface area contributed by atoms with Crippen molar-refractivity contribution in [3.63, 3.8) is 0 Å². The molecule has 0 saturated carbocycles. The van der Waals surface area contributed by atoms with Gasteiger partial charge in [0.15, 0.2) is 0 Å². The van der Waals surface area contributed by atoms with Crippen molar-refractivity contribution in [1.29, 1.82) is 0 Å². The van der Waals surface area contributed by atoms with Crippen LogP contribution in [0.3, 0.4) is 0 Å². The van der Waals surface area contributed by atoms with Crippen molar-refractivity contribution in [2.24, 2.45) is 0 Å². The number of carbonyl (C=O) groups is 2. The van der Waals surface area contributed by atoms with Crippen LogP contribution in [0.25, 0.3) is 0 Å². The molecule has 1 heterocycles. The van der Waals surface area contributed by atoms with Crippen LogP contribution in [-0.4, -0.2) is 18.6 Å². The van der Waals surface area contributed by atoms with Crippen LogP contribution in [0.2, 0.25) is 0 Å². The average molecular weight is 288 g/mol. The van der Waals surface area contributed by atoms with Crippen LogP contribution in [0.1, 0.15) is 37.4 Å². The fraction of sp³-hybridized carbons (Fsp3) is 0.375. The SMILES string of the molecule is CCOC(=O)C1=C(CC)NC(=O)NC1c1ccc(C)cc1. The number of benzene rings is 1. The van der Waals surface area contributed by atoms with E-state index in [1.165, 1.54) is 0 Å². The van der Waals surface area contributed by atoms with Gasteiger partial charge in [0, 0.05) is 5.70 Å². The fourth-order valence-corrected chi connectivity index (χ4v) is 2.36. The van der Waals surface area contributed by atoms with Crippen LogP contribution in [0, 0.1) is 6.92 Å². The highest BCUT2D eigenvalue weighted by Gasteiger charge is 2.32. The first-order valence-electron chi connectivity index (χ1n) is 7.11. The molecule has 0 aromatic heterocycles. The zero-order valence-corrected chi connectivity index (χ0v) is 12.5. The Morgan fingerprint density at radius 1 is 1.24 bits per heavy atom. The van der Waals surface area contributed by atoms with Gasteiger partial charge in [0.25, 0.3) is 0 Å². The van der Waals surface area contributed by atoms with Gasteiger partial charge in [-0.2, -0.15) is 0 Å². The summed E-state index contributed by atoms with van der Waals surface area (Å²) < 4.78 is 5.14. The van der Waals surface area contributed by atoms with E-state index in [1.54, 1.807) is 6.92 Å². The Labute approximate surface area is 124 Å². The Balaban J connectivity index is 2.46. The third kappa shape index (κ3) is 3.24. The summed E-state index contributed by atoms with van der Waals surface area (Å²) in [5.41, 5.74) is 3.08. The van der Waals surface area contributed by atoms with Gasteiger partial charge in [-0.15, -0.1) is 0 Å². The van der Waals surface area contributed by atoms with Crippen LogP contribution >= 0.6 is 0 Å². The number of esters is 1. The molecule has 0 aliphatic carbocycles. The van der Waals surface area contributed by atoms with E-state index in [1.807, 2.05) is 38.1 Å². The van der Waals surface area contributed by atoms with Crippen molar-refractivity contribution in [2.45, 2.75) is 33.2 Å². The highest BCUT2D eigenvalue weighted by Crippen LogP contribution is 2.28. The summed E-state index contributed by atoms with van der Waals surface area (Å²) in [5.74, 6) is -0.396. The number of allylic oxidation sites excluding steroid dienone is 1. The maximum absolute atomic E-state index is 12.3. The summed E-state index contributed by atoms with van der Waals surface area (Å²) in [4.78, 5) is 24.1. The largest absolute Gasteiger partial charge is 0.463 e. The second kappa shape index (κ2) is 6.43. The molecule has 2 N–H and O–H groups in total. The second-order valence-corrected chi connectivity index (χ2v) is 4.91. The Hall–Kier alpha value is -2.30. The van der Waals surface area contributed by atoms with Crippen LogP contribution in [0.15, 0.2) is 35.5 Å². The number of ether oxygens (including phenoxy) is 1. The van der Waals surface area contributed by atoms with E-state index in [2.05, 4.69) is 10.6 Å². The Morgan fingerprint density at radius 2 is 1.90 bits per heavy atom. The highest BCUT2D eigenvalue weighted by molar-refractivity contribution is 5.95. The van der Waals surface area contributed by atoms with E-state index in [9.17, 15) is 9.59 Å². The number of nitrogens with one attached hydrogen (secondary N) is 2. The molecule has 1 aromatic rings. The predicted octanol–water partition coefficient (Wildman–Crippen LogP) is 2.58.